The van der Waals surface area contributed by atoms with Crippen LogP contribution in [0.15, 0.2) is 30.5 Å². The Morgan fingerprint density at radius 1 is 0.508 bits per heavy atom. The topological polar surface area (TPSA) is 37.4 Å². The van der Waals surface area contributed by atoms with Crippen molar-refractivity contribution in [3.63, 3.8) is 0 Å². The molecule has 3 atom stereocenters. The number of rotatable bonds is 32. The summed E-state index contributed by atoms with van der Waals surface area (Å²) in [7, 11) is 0. The van der Waals surface area contributed by atoms with Crippen LogP contribution in [0.5, 0.6) is 0 Å². The van der Waals surface area contributed by atoms with E-state index in [4.69, 9.17) is 0 Å². The van der Waals surface area contributed by atoms with E-state index in [0.29, 0.717) is 23.6 Å². The summed E-state index contributed by atoms with van der Waals surface area (Å²) in [6.45, 7) is 14.7. The van der Waals surface area contributed by atoms with E-state index in [9.17, 15) is 9.59 Å². The molecule has 0 aromatic carbocycles. The second-order valence-electron chi connectivity index (χ2n) is 18.7. The summed E-state index contributed by atoms with van der Waals surface area (Å²) in [6, 6.07) is 5.11. The number of amides is 2. The van der Waals surface area contributed by atoms with Crippen LogP contribution in [0.2, 0.25) is 10.5 Å². The van der Waals surface area contributed by atoms with Crippen LogP contribution in [0.1, 0.15) is 229 Å². The molecule has 9 heteroatoms. The number of nitrogens with zero attached hydrogens (tertiary/aromatic N) is 1. The molecule has 3 aromatic rings. The molecule has 5 rings (SSSR count). The van der Waals surface area contributed by atoms with Gasteiger partial charge in [-0.15, -0.1) is 0 Å². The zero-order valence-electron chi connectivity index (χ0n) is 39.3. The molecule has 3 unspecified atom stereocenters. The van der Waals surface area contributed by atoms with Crippen LogP contribution in [-0.4, -0.2) is 36.5 Å². The zero-order chi connectivity index (χ0) is 44.0. The van der Waals surface area contributed by atoms with Gasteiger partial charge in [-0.3, -0.25) is 14.5 Å². The molecule has 2 amide bonds. The number of fused-ring (bicyclic) bond motifs is 4. The quantitative estimate of drug-likeness (QED) is 0.0355. The third kappa shape index (κ3) is 16.0. The van der Waals surface area contributed by atoms with Crippen molar-refractivity contribution in [1.29, 1.82) is 0 Å². The summed E-state index contributed by atoms with van der Waals surface area (Å²) in [6.07, 6.45) is 34.6. The molecule has 61 heavy (non-hydrogen) atoms. The fraction of sp³-hybridized carbons (Fsp3) is 0.731. The molecule has 0 spiro atoms. The number of carbonyl (C=O) groups excluding carboxylic acids is 2. The minimum atomic E-state index is -2.38. The second-order valence-corrected chi connectivity index (χ2v) is 33.2. The molecule has 3 nitrogen and oxygen atoms in total. The van der Waals surface area contributed by atoms with E-state index in [-0.39, 0.29) is 11.8 Å². The van der Waals surface area contributed by atoms with Crippen LogP contribution < -0.4 is 8.79 Å². The van der Waals surface area contributed by atoms with E-state index < -0.39 is 13.3 Å². The van der Waals surface area contributed by atoms with Gasteiger partial charge in [-0.05, 0) is 18.8 Å². The minimum Gasteiger partial charge on any atom is -0.274 e. The predicted molar refractivity (Wildman–Crippen MR) is 282 cm³/mol. The van der Waals surface area contributed by atoms with Crippen molar-refractivity contribution in [2.24, 2.45) is 17.8 Å². The molecule has 2 aliphatic heterocycles. The molecule has 0 saturated heterocycles. The Balaban J connectivity index is 0.000000269. The van der Waals surface area contributed by atoms with Crippen molar-refractivity contribution in [2.75, 3.05) is 6.54 Å². The van der Waals surface area contributed by atoms with Crippen LogP contribution in [0.25, 0.3) is 9.75 Å². The maximum absolute atomic E-state index is 12.7. The zero-order valence-corrected chi connectivity index (χ0v) is 47.0. The Morgan fingerprint density at radius 3 is 1.28 bits per heavy atom. The van der Waals surface area contributed by atoms with Crippen LogP contribution >= 0.6 is 65.9 Å². The maximum Gasteiger partial charge on any atom is 0.262 e. The third-order valence-corrected chi connectivity index (χ3v) is 29.9. The Bertz CT molecular complexity index is 1600. The maximum atomic E-state index is 12.7. The molecule has 344 valence electrons. The fourth-order valence-corrected chi connectivity index (χ4v) is 29.7. The standard InChI is InChI=1S/C26H40Br2GeS2.C26H43NO2S/c1-5-9-11-19(7-3)13-15-29(16-14-20(8-4)12-10-6-2)21-17-23(27)30-25(21)26-22(29)18-24(28)31-26;1-3-5-7-9-11-12-14-16-18-22(17-15-13-10-8-6-4-2)19-27-25(28)23-20-30-21-24(23)26(27)29/h17-20H,5-16H2,1-4H3;20-22H,3-19H2,1-2H3. The molecule has 5 heterocycles. The SMILES string of the molecule is CCCCC(CC)C[CH2][Ge]1([CH2]CC(CC)CCCC)[c]2cc(Br)sc2-c2sc(Br)c[c]21.CCCCCCCCCCC(CCCCCCCC)CN1C(=O)c2cscc2C1=O. The van der Waals surface area contributed by atoms with E-state index in [1.165, 1.54) is 188 Å². The molecular formula is C52H83Br2GeNO2S3. The summed E-state index contributed by atoms with van der Waals surface area (Å²) < 4.78 is 6.33. The summed E-state index contributed by atoms with van der Waals surface area (Å²) in [5.41, 5.74) is 1.24. The van der Waals surface area contributed by atoms with E-state index in [0.717, 1.165) is 24.7 Å². The molecule has 3 aromatic heterocycles. The van der Waals surface area contributed by atoms with E-state index >= 15 is 0 Å². The van der Waals surface area contributed by atoms with Gasteiger partial charge >= 0.3 is 220 Å². The van der Waals surface area contributed by atoms with Crippen molar-refractivity contribution in [1.82, 2.24) is 4.90 Å². The number of hydrogen-bond donors (Lipinski definition) is 0. The third-order valence-electron chi connectivity index (χ3n) is 14.2. The second kappa shape index (κ2) is 29.4. The van der Waals surface area contributed by atoms with Crippen molar-refractivity contribution in [3.05, 3.63) is 41.6 Å². The molecule has 0 aliphatic carbocycles. The summed E-state index contributed by atoms with van der Waals surface area (Å²) in [5.74, 6) is 2.15. The van der Waals surface area contributed by atoms with Gasteiger partial charge in [-0.25, -0.2) is 0 Å². The normalized spacial score (nSPS) is 15.4. The van der Waals surface area contributed by atoms with Gasteiger partial charge in [0.25, 0.3) is 11.8 Å². The predicted octanol–water partition coefficient (Wildman–Crippen LogP) is 18.3. The van der Waals surface area contributed by atoms with E-state index in [2.05, 4.69) is 85.5 Å². The molecule has 2 aliphatic rings. The van der Waals surface area contributed by atoms with E-state index in [1.54, 1.807) is 9.75 Å². The number of halogens is 2. The summed E-state index contributed by atoms with van der Waals surface area (Å²) in [4.78, 5) is 30.1. The van der Waals surface area contributed by atoms with Gasteiger partial charge < -0.3 is 0 Å². The number of hydrogen-bond acceptors (Lipinski definition) is 5. The monoisotopic (exact) mass is 1080 g/mol. The number of thiophene rings is 3. The molecule has 0 radical (unpaired) electrons. The largest absolute Gasteiger partial charge is 0.274 e. The van der Waals surface area contributed by atoms with Crippen molar-refractivity contribution in [3.8, 4) is 9.75 Å². The van der Waals surface area contributed by atoms with Gasteiger partial charge in [0.05, 0.1) is 11.1 Å². The van der Waals surface area contributed by atoms with Crippen LogP contribution in [0.4, 0.5) is 0 Å². The summed E-state index contributed by atoms with van der Waals surface area (Å²) >= 11 is 10.8. The average Bonchev–Trinajstić information content (AvgIpc) is 4.08. The molecule has 0 saturated carbocycles. The van der Waals surface area contributed by atoms with Crippen LogP contribution in [-0.2, 0) is 0 Å². The van der Waals surface area contributed by atoms with Gasteiger partial charge in [0, 0.05) is 17.3 Å². The van der Waals surface area contributed by atoms with Crippen LogP contribution in [0.3, 0.4) is 0 Å². The van der Waals surface area contributed by atoms with Gasteiger partial charge in [-0.2, -0.15) is 11.3 Å². The first-order chi connectivity index (χ1) is 29.7. The first kappa shape index (κ1) is 53.4. The van der Waals surface area contributed by atoms with Gasteiger partial charge in [0.15, 0.2) is 0 Å². The molecule has 0 N–H and O–H groups in total. The number of imide groups is 1. The number of unbranched alkanes of at least 4 members (excludes halogenated alkanes) is 14. The Morgan fingerprint density at radius 2 is 0.885 bits per heavy atom. The average molecular weight is 1080 g/mol. The molecular weight excluding hydrogens is 999 g/mol. The van der Waals surface area contributed by atoms with E-state index in [1.807, 2.05) is 42.2 Å². The van der Waals surface area contributed by atoms with Gasteiger partial charge in [-0.1, -0.05) is 104 Å². The Labute approximate surface area is 405 Å². The first-order valence-electron chi connectivity index (χ1n) is 25.2. The first-order valence-corrected chi connectivity index (χ1v) is 34.4. The van der Waals surface area contributed by atoms with Gasteiger partial charge in [0.2, 0.25) is 0 Å². The molecule has 0 fully saturated rings. The van der Waals surface area contributed by atoms with Crippen molar-refractivity contribution >= 4 is 99.7 Å². The van der Waals surface area contributed by atoms with Crippen molar-refractivity contribution < 1.29 is 9.59 Å². The molecule has 0 bridgehead atoms. The van der Waals surface area contributed by atoms with Crippen molar-refractivity contribution in [2.45, 2.75) is 219 Å². The van der Waals surface area contributed by atoms with Crippen LogP contribution in [0, 0.1) is 17.8 Å². The summed E-state index contributed by atoms with van der Waals surface area (Å²) in [5, 5.41) is 6.66. The smallest absolute Gasteiger partial charge is 0.262 e. The Kier molecular flexibility index (Phi) is 25.7. The Hall–Kier alpha value is -0.257. The minimum absolute atomic E-state index is 0.0693. The number of carbonyl (C=O) groups is 2. The van der Waals surface area contributed by atoms with Gasteiger partial charge in [0.1, 0.15) is 0 Å². The fourth-order valence-electron chi connectivity index (χ4n) is 10.1.